The molecule has 36 heavy (non-hydrogen) atoms. The first-order valence-electron chi connectivity index (χ1n) is 11.9. The van der Waals surface area contributed by atoms with Gasteiger partial charge in [0, 0.05) is 12.2 Å². The molecule has 4 aromatic rings. The number of carbonyl (C=O) groups excluding carboxylic acids is 1. The number of fused-ring (bicyclic) bond motifs is 1. The molecule has 0 saturated carbocycles. The highest BCUT2D eigenvalue weighted by Gasteiger charge is 2.25. The van der Waals surface area contributed by atoms with E-state index in [1.807, 2.05) is 32.0 Å². The summed E-state index contributed by atoms with van der Waals surface area (Å²) in [5.74, 6) is 0.459. The number of hydrogen-bond donors (Lipinski definition) is 0. The van der Waals surface area contributed by atoms with Gasteiger partial charge < -0.3 is 14.0 Å². The normalized spacial score (nSPS) is 15.5. The second kappa shape index (κ2) is 9.58. The van der Waals surface area contributed by atoms with Crippen LogP contribution < -0.4 is 16.0 Å². The molecule has 0 aliphatic carbocycles. The van der Waals surface area contributed by atoms with Gasteiger partial charge in [-0.15, -0.1) is 0 Å². The van der Waals surface area contributed by atoms with Crippen LogP contribution in [0.1, 0.15) is 34.3 Å². The Labute approximate surface area is 207 Å². The van der Waals surface area contributed by atoms with Crippen LogP contribution in [-0.4, -0.2) is 44.3 Å². The maximum atomic E-state index is 13.8. The maximum absolute atomic E-state index is 13.8. The van der Waals surface area contributed by atoms with Crippen LogP contribution in [0.4, 0.5) is 0 Å². The number of aromatic nitrogens is 4. The molecule has 1 fully saturated rings. The molecule has 2 aromatic carbocycles. The van der Waals surface area contributed by atoms with Crippen molar-refractivity contribution in [2.45, 2.75) is 45.9 Å². The van der Waals surface area contributed by atoms with Crippen LogP contribution in [0.3, 0.4) is 0 Å². The Bertz CT molecular complexity index is 1540. The van der Waals surface area contributed by atoms with Crippen molar-refractivity contribution in [3.63, 3.8) is 0 Å². The molecule has 0 spiro atoms. The lowest BCUT2D eigenvalue weighted by atomic mass is 10.1. The number of ether oxygens (including phenoxy) is 2. The summed E-state index contributed by atoms with van der Waals surface area (Å²) < 4.78 is 15.1. The number of methoxy groups -OCH3 is 1. The summed E-state index contributed by atoms with van der Waals surface area (Å²) in [6, 6.07) is 12.6. The van der Waals surface area contributed by atoms with Crippen LogP contribution in [0.15, 0.2) is 58.4 Å². The lowest BCUT2D eigenvalue weighted by Crippen LogP contribution is -2.42. The first-order chi connectivity index (χ1) is 17.4. The average Bonchev–Trinajstić information content (AvgIpc) is 3.54. The Balaban J connectivity index is 1.68. The first kappa shape index (κ1) is 23.7. The first-order valence-corrected chi connectivity index (χ1v) is 11.9. The van der Waals surface area contributed by atoms with Gasteiger partial charge in [0.05, 0.1) is 38.3 Å². The minimum Gasteiger partial charge on any atom is -0.497 e. The Hall–Kier alpha value is -3.98. The van der Waals surface area contributed by atoms with Crippen LogP contribution >= 0.6 is 0 Å². The molecule has 9 nitrogen and oxygen atoms in total. The van der Waals surface area contributed by atoms with E-state index in [4.69, 9.17) is 9.47 Å². The van der Waals surface area contributed by atoms with Gasteiger partial charge in [-0.2, -0.15) is 0 Å². The van der Waals surface area contributed by atoms with Crippen molar-refractivity contribution in [3.05, 3.63) is 86.3 Å². The molecule has 0 radical (unpaired) electrons. The minimum atomic E-state index is -0.479. The zero-order valence-corrected chi connectivity index (χ0v) is 20.6. The SMILES string of the molecule is COc1ccc(C(=O)Cn2cnc3c2c(=O)n(CC2CCCO2)c(=O)n3-c2c(C)cccc2C)cc1. The topological polar surface area (TPSA) is 97.4 Å². The van der Waals surface area contributed by atoms with E-state index in [9.17, 15) is 14.4 Å². The van der Waals surface area contributed by atoms with Crippen LogP contribution in [0.25, 0.3) is 16.9 Å². The zero-order chi connectivity index (χ0) is 25.4. The number of carbonyl (C=O) groups is 1. The van der Waals surface area contributed by atoms with Crippen molar-refractivity contribution in [2.24, 2.45) is 0 Å². The van der Waals surface area contributed by atoms with Crippen molar-refractivity contribution in [1.82, 2.24) is 18.7 Å². The van der Waals surface area contributed by atoms with E-state index in [1.165, 1.54) is 20.0 Å². The third-order valence-electron chi connectivity index (χ3n) is 6.70. The van der Waals surface area contributed by atoms with Crippen LogP contribution in [-0.2, 0) is 17.8 Å². The average molecular weight is 489 g/mol. The van der Waals surface area contributed by atoms with Gasteiger partial charge in [-0.05, 0) is 62.1 Å². The predicted octanol–water partition coefficient (Wildman–Crippen LogP) is 3.04. The standard InChI is InChI=1S/C27H28N4O5/c1-17-6-4-7-18(2)23(17)31-25-24(26(33)30(27(31)34)14-21-8-5-13-36-21)29(16-28-25)15-22(32)19-9-11-20(35-3)12-10-19/h4,6-7,9-12,16,21H,5,8,13-15H2,1-3H3. The Morgan fingerprint density at radius 3 is 2.47 bits per heavy atom. The maximum Gasteiger partial charge on any atom is 0.337 e. The molecule has 1 unspecified atom stereocenters. The fourth-order valence-corrected chi connectivity index (χ4v) is 4.84. The number of rotatable bonds is 7. The van der Waals surface area contributed by atoms with Crippen molar-refractivity contribution >= 4 is 16.9 Å². The number of imidazole rings is 1. The second-order valence-electron chi connectivity index (χ2n) is 9.11. The van der Waals surface area contributed by atoms with E-state index in [0.717, 1.165) is 24.0 Å². The Morgan fingerprint density at radius 1 is 1.11 bits per heavy atom. The monoisotopic (exact) mass is 488 g/mol. The van der Waals surface area contributed by atoms with Gasteiger partial charge in [-0.25, -0.2) is 14.3 Å². The summed E-state index contributed by atoms with van der Waals surface area (Å²) in [7, 11) is 1.56. The van der Waals surface area contributed by atoms with Gasteiger partial charge in [0.1, 0.15) is 5.75 Å². The quantitative estimate of drug-likeness (QED) is 0.371. The molecule has 1 aliphatic heterocycles. The van der Waals surface area contributed by atoms with E-state index in [-0.39, 0.29) is 36.1 Å². The Kier molecular flexibility index (Phi) is 6.32. The number of aryl methyl sites for hydroxylation is 2. The lowest BCUT2D eigenvalue weighted by Gasteiger charge is -2.17. The molecule has 186 valence electrons. The largest absolute Gasteiger partial charge is 0.497 e. The van der Waals surface area contributed by atoms with E-state index in [2.05, 4.69) is 4.98 Å². The summed E-state index contributed by atoms with van der Waals surface area (Å²) in [6.45, 7) is 4.50. The number of para-hydroxylation sites is 1. The molecular weight excluding hydrogens is 460 g/mol. The third kappa shape index (κ3) is 4.15. The van der Waals surface area contributed by atoms with E-state index in [0.29, 0.717) is 23.6 Å². The summed E-state index contributed by atoms with van der Waals surface area (Å²) >= 11 is 0. The molecule has 1 atom stereocenters. The van der Waals surface area contributed by atoms with E-state index >= 15 is 0 Å². The third-order valence-corrected chi connectivity index (χ3v) is 6.70. The van der Waals surface area contributed by atoms with Gasteiger partial charge in [0.15, 0.2) is 16.9 Å². The number of Topliss-reactive ketones (excluding diaryl/α,β-unsaturated/α-hetero) is 1. The number of hydrogen-bond acceptors (Lipinski definition) is 6. The van der Waals surface area contributed by atoms with E-state index < -0.39 is 11.2 Å². The highest BCUT2D eigenvalue weighted by molar-refractivity contribution is 5.96. The molecule has 0 amide bonds. The molecular formula is C27H28N4O5. The fraction of sp³-hybridized carbons (Fsp3) is 0.333. The van der Waals surface area contributed by atoms with Gasteiger partial charge in [-0.1, -0.05) is 18.2 Å². The van der Waals surface area contributed by atoms with Crippen molar-refractivity contribution in [3.8, 4) is 11.4 Å². The van der Waals surface area contributed by atoms with Gasteiger partial charge in [0.25, 0.3) is 5.56 Å². The fourth-order valence-electron chi connectivity index (χ4n) is 4.84. The summed E-state index contributed by atoms with van der Waals surface area (Å²) in [5, 5.41) is 0. The molecule has 1 saturated heterocycles. The highest BCUT2D eigenvalue weighted by Crippen LogP contribution is 2.22. The molecule has 0 N–H and O–H groups in total. The van der Waals surface area contributed by atoms with Crippen molar-refractivity contribution in [2.75, 3.05) is 13.7 Å². The summed E-state index contributed by atoms with van der Waals surface area (Å²) in [5.41, 5.74) is 2.42. The number of ketones is 1. The highest BCUT2D eigenvalue weighted by atomic mass is 16.5. The molecule has 5 rings (SSSR count). The predicted molar refractivity (Wildman–Crippen MR) is 135 cm³/mol. The van der Waals surface area contributed by atoms with Crippen LogP contribution in [0.5, 0.6) is 5.75 Å². The molecule has 1 aliphatic rings. The molecule has 2 aromatic heterocycles. The van der Waals surface area contributed by atoms with Crippen molar-refractivity contribution in [1.29, 1.82) is 0 Å². The number of nitrogens with zero attached hydrogens (tertiary/aromatic N) is 4. The number of benzene rings is 2. The van der Waals surface area contributed by atoms with E-state index in [1.54, 1.807) is 31.4 Å². The second-order valence-corrected chi connectivity index (χ2v) is 9.11. The summed E-state index contributed by atoms with van der Waals surface area (Å²) in [4.78, 5) is 45.0. The smallest absolute Gasteiger partial charge is 0.337 e. The molecule has 3 heterocycles. The zero-order valence-electron chi connectivity index (χ0n) is 20.6. The molecule has 0 bridgehead atoms. The van der Waals surface area contributed by atoms with Crippen LogP contribution in [0, 0.1) is 13.8 Å². The Morgan fingerprint density at radius 2 is 1.83 bits per heavy atom. The van der Waals surface area contributed by atoms with Gasteiger partial charge >= 0.3 is 5.69 Å². The molecule has 9 heteroatoms. The summed E-state index contributed by atoms with van der Waals surface area (Å²) in [6.07, 6.45) is 2.91. The van der Waals surface area contributed by atoms with Crippen molar-refractivity contribution < 1.29 is 14.3 Å². The van der Waals surface area contributed by atoms with Crippen LogP contribution in [0.2, 0.25) is 0 Å². The van der Waals surface area contributed by atoms with Gasteiger partial charge in [0.2, 0.25) is 0 Å². The minimum absolute atomic E-state index is 0.0943. The lowest BCUT2D eigenvalue weighted by molar-refractivity contribution is 0.0947. The van der Waals surface area contributed by atoms with Gasteiger partial charge in [-0.3, -0.25) is 14.2 Å².